The van der Waals surface area contributed by atoms with Crippen LogP contribution in [-0.2, 0) is 0 Å². The van der Waals surface area contributed by atoms with Gasteiger partial charge < -0.3 is 0 Å². The molecule has 1 heterocycles. The maximum atomic E-state index is 5.49. The van der Waals surface area contributed by atoms with Crippen molar-refractivity contribution < 1.29 is 0 Å². The summed E-state index contributed by atoms with van der Waals surface area (Å²) in [6.45, 7) is 1.94. The number of hydrogen-bond acceptors (Lipinski definition) is 2. The third-order valence-corrected chi connectivity index (χ3v) is 2.15. The van der Waals surface area contributed by atoms with Gasteiger partial charge in [-0.25, -0.2) is 9.97 Å². The highest BCUT2D eigenvalue weighted by atomic mass is 127. The molecule has 1 aromatic heterocycles. The molecule has 0 amide bonds. The number of halogens is 2. The molecular formula is C5H4ClIN2. The van der Waals surface area contributed by atoms with E-state index in [-0.39, 0.29) is 0 Å². The summed E-state index contributed by atoms with van der Waals surface area (Å²) in [5.74, 6) is 0. The summed E-state index contributed by atoms with van der Waals surface area (Å²) in [5.41, 5.74) is 1.06. The van der Waals surface area contributed by atoms with Gasteiger partial charge in [0, 0.05) is 6.20 Å². The predicted octanol–water partition coefficient (Wildman–Crippen LogP) is 2.04. The van der Waals surface area contributed by atoms with Gasteiger partial charge in [-0.05, 0) is 46.7 Å². The molecule has 0 aliphatic heterocycles. The van der Waals surface area contributed by atoms with Crippen LogP contribution in [0.25, 0.3) is 0 Å². The van der Waals surface area contributed by atoms with Crippen LogP contribution >= 0.6 is 34.2 Å². The second kappa shape index (κ2) is 2.79. The third kappa shape index (κ3) is 1.76. The van der Waals surface area contributed by atoms with Crippen LogP contribution in [0.4, 0.5) is 0 Å². The molecule has 0 atom stereocenters. The SMILES string of the molecule is Cc1cnc(Cl)nc1I. The minimum absolute atomic E-state index is 0.310. The van der Waals surface area contributed by atoms with Crippen LogP contribution in [0.5, 0.6) is 0 Å². The number of aromatic nitrogens is 2. The first-order valence-electron chi connectivity index (χ1n) is 2.35. The summed E-state index contributed by atoms with van der Waals surface area (Å²) in [5, 5.41) is 0.310. The van der Waals surface area contributed by atoms with Crippen molar-refractivity contribution in [3.8, 4) is 0 Å². The van der Waals surface area contributed by atoms with E-state index in [2.05, 4.69) is 32.6 Å². The Bertz CT molecular complexity index is 226. The fourth-order valence-corrected chi connectivity index (χ4v) is 1.05. The van der Waals surface area contributed by atoms with Crippen molar-refractivity contribution in [3.05, 3.63) is 20.7 Å². The molecule has 0 saturated heterocycles. The zero-order valence-electron chi connectivity index (χ0n) is 4.73. The quantitative estimate of drug-likeness (QED) is 0.402. The average Bonchev–Trinajstić information content (AvgIpc) is 1.80. The second-order valence-corrected chi connectivity index (χ2v) is 2.97. The molecule has 0 N–H and O–H groups in total. The van der Waals surface area contributed by atoms with Crippen molar-refractivity contribution in [3.63, 3.8) is 0 Å². The lowest BCUT2D eigenvalue weighted by Gasteiger charge is -1.93. The van der Waals surface area contributed by atoms with E-state index in [0.717, 1.165) is 9.26 Å². The minimum Gasteiger partial charge on any atom is -0.226 e. The maximum absolute atomic E-state index is 5.49. The normalized spacial score (nSPS) is 9.67. The van der Waals surface area contributed by atoms with Crippen LogP contribution in [0, 0.1) is 10.6 Å². The topological polar surface area (TPSA) is 25.8 Å². The summed E-state index contributed by atoms with van der Waals surface area (Å²) in [6.07, 6.45) is 1.71. The Kier molecular flexibility index (Phi) is 2.23. The highest BCUT2D eigenvalue weighted by Gasteiger charge is 1.95. The van der Waals surface area contributed by atoms with Crippen LogP contribution in [-0.4, -0.2) is 9.97 Å². The highest BCUT2D eigenvalue weighted by molar-refractivity contribution is 14.1. The van der Waals surface area contributed by atoms with Gasteiger partial charge in [-0.1, -0.05) is 0 Å². The zero-order valence-corrected chi connectivity index (χ0v) is 7.64. The van der Waals surface area contributed by atoms with Crippen LogP contribution in [0.2, 0.25) is 5.28 Å². The Morgan fingerprint density at radius 1 is 1.67 bits per heavy atom. The van der Waals surface area contributed by atoms with E-state index in [1.54, 1.807) is 6.20 Å². The van der Waals surface area contributed by atoms with E-state index < -0.39 is 0 Å². The Hall–Kier alpha value is 0.1000. The van der Waals surface area contributed by atoms with E-state index >= 15 is 0 Å². The number of aryl methyl sites for hydroxylation is 1. The van der Waals surface area contributed by atoms with E-state index in [0.29, 0.717) is 5.28 Å². The molecule has 1 aromatic rings. The van der Waals surface area contributed by atoms with Crippen molar-refractivity contribution >= 4 is 34.2 Å². The van der Waals surface area contributed by atoms with Crippen LogP contribution in [0.3, 0.4) is 0 Å². The van der Waals surface area contributed by atoms with Crippen LogP contribution < -0.4 is 0 Å². The molecule has 0 unspecified atom stereocenters. The Labute approximate surface area is 71.8 Å². The van der Waals surface area contributed by atoms with E-state index in [9.17, 15) is 0 Å². The lowest BCUT2D eigenvalue weighted by atomic mass is 10.4. The fourth-order valence-electron chi connectivity index (χ4n) is 0.401. The fraction of sp³-hybridized carbons (Fsp3) is 0.200. The van der Waals surface area contributed by atoms with E-state index in [1.165, 1.54) is 0 Å². The van der Waals surface area contributed by atoms with Gasteiger partial charge in [0.1, 0.15) is 3.70 Å². The van der Waals surface area contributed by atoms with Gasteiger partial charge >= 0.3 is 0 Å². The maximum Gasteiger partial charge on any atom is 0.223 e. The van der Waals surface area contributed by atoms with Crippen molar-refractivity contribution in [2.24, 2.45) is 0 Å². The molecule has 0 aliphatic carbocycles. The molecule has 4 heteroatoms. The first-order chi connectivity index (χ1) is 4.20. The lowest BCUT2D eigenvalue weighted by molar-refractivity contribution is 1.09. The molecule has 9 heavy (non-hydrogen) atoms. The predicted molar refractivity (Wildman–Crippen MR) is 44.5 cm³/mol. The van der Waals surface area contributed by atoms with Gasteiger partial charge in [0.25, 0.3) is 0 Å². The first-order valence-corrected chi connectivity index (χ1v) is 3.80. The number of hydrogen-bond donors (Lipinski definition) is 0. The molecule has 2 nitrogen and oxygen atoms in total. The average molecular weight is 254 g/mol. The second-order valence-electron chi connectivity index (χ2n) is 1.61. The van der Waals surface area contributed by atoms with Crippen molar-refractivity contribution in [1.29, 1.82) is 0 Å². The molecule has 0 fully saturated rings. The number of nitrogens with zero attached hydrogens (tertiary/aromatic N) is 2. The number of rotatable bonds is 0. The molecule has 48 valence electrons. The van der Waals surface area contributed by atoms with Gasteiger partial charge in [-0.2, -0.15) is 0 Å². The van der Waals surface area contributed by atoms with Gasteiger partial charge in [-0.15, -0.1) is 0 Å². The molecule has 0 spiro atoms. The van der Waals surface area contributed by atoms with Gasteiger partial charge in [-0.3, -0.25) is 0 Å². The third-order valence-electron chi connectivity index (χ3n) is 0.881. The summed E-state index contributed by atoms with van der Waals surface area (Å²) in [4.78, 5) is 7.70. The molecule has 0 saturated carbocycles. The Morgan fingerprint density at radius 3 is 2.78 bits per heavy atom. The molecule has 0 radical (unpaired) electrons. The van der Waals surface area contributed by atoms with Crippen LogP contribution in [0.1, 0.15) is 5.56 Å². The Morgan fingerprint density at radius 2 is 2.33 bits per heavy atom. The smallest absolute Gasteiger partial charge is 0.223 e. The Balaban J connectivity index is 3.17. The first kappa shape index (κ1) is 7.21. The largest absolute Gasteiger partial charge is 0.226 e. The summed E-state index contributed by atoms with van der Waals surface area (Å²) in [6, 6.07) is 0. The molecule has 0 aliphatic rings. The summed E-state index contributed by atoms with van der Waals surface area (Å²) < 4.78 is 0.910. The van der Waals surface area contributed by atoms with E-state index in [1.807, 2.05) is 6.92 Å². The van der Waals surface area contributed by atoms with Crippen LogP contribution in [0.15, 0.2) is 6.20 Å². The summed E-state index contributed by atoms with van der Waals surface area (Å²) >= 11 is 7.60. The molecule has 1 rings (SSSR count). The lowest BCUT2D eigenvalue weighted by Crippen LogP contribution is -1.88. The van der Waals surface area contributed by atoms with Gasteiger partial charge in [0.05, 0.1) is 0 Å². The van der Waals surface area contributed by atoms with Crippen molar-refractivity contribution in [2.45, 2.75) is 6.92 Å². The standard InChI is InChI=1S/C5H4ClIN2/c1-3-2-8-5(6)9-4(3)7/h2H,1H3. The monoisotopic (exact) mass is 254 g/mol. The van der Waals surface area contributed by atoms with Gasteiger partial charge in [0.15, 0.2) is 0 Å². The summed E-state index contributed by atoms with van der Waals surface area (Å²) in [7, 11) is 0. The van der Waals surface area contributed by atoms with Gasteiger partial charge in [0.2, 0.25) is 5.28 Å². The molecule has 0 bridgehead atoms. The van der Waals surface area contributed by atoms with Crippen molar-refractivity contribution in [1.82, 2.24) is 9.97 Å². The molecule has 0 aromatic carbocycles. The highest BCUT2D eigenvalue weighted by Crippen LogP contribution is 2.08. The minimum atomic E-state index is 0.310. The molecular weight excluding hydrogens is 250 g/mol. The van der Waals surface area contributed by atoms with Crippen molar-refractivity contribution in [2.75, 3.05) is 0 Å². The van der Waals surface area contributed by atoms with E-state index in [4.69, 9.17) is 11.6 Å². The zero-order chi connectivity index (χ0) is 6.85.